The number of aromatic amines is 1. The highest BCUT2D eigenvalue weighted by molar-refractivity contribution is 6.30. The van der Waals surface area contributed by atoms with Crippen molar-refractivity contribution >= 4 is 24.0 Å². The summed E-state index contributed by atoms with van der Waals surface area (Å²) in [6, 6.07) is 16.1. The van der Waals surface area contributed by atoms with Gasteiger partial charge in [-0.3, -0.25) is 10.00 Å². The molecule has 25 heavy (non-hydrogen) atoms. The lowest BCUT2D eigenvalue weighted by molar-refractivity contribution is 0.331. The lowest BCUT2D eigenvalue weighted by Crippen LogP contribution is -2.18. The van der Waals surface area contributed by atoms with Crippen LogP contribution >= 0.6 is 24.0 Å². The van der Waals surface area contributed by atoms with Crippen molar-refractivity contribution in [1.29, 1.82) is 0 Å². The van der Waals surface area contributed by atoms with E-state index < -0.39 is 0 Å². The smallest absolute Gasteiger partial charge is 0.181 e. The average molecular weight is 375 g/mol. The summed E-state index contributed by atoms with van der Waals surface area (Å²) in [5, 5.41) is 8.11. The van der Waals surface area contributed by atoms with Crippen molar-refractivity contribution in [2.45, 2.75) is 19.4 Å². The van der Waals surface area contributed by atoms with Crippen LogP contribution in [0.4, 0.5) is 0 Å². The van der Waals surface area contributed by atoms with E-state index >= 15 is 0 Å². The van der Waals surface area contributed by atoms with Crippen LogP contribution in [-0.2, 0) is 6.54 Å². The molecule has 0 unspecified atom stereocenters. The van der Waals surface area contributed by atoms with Crippen LogP contribution in [0, 0.1) is 0 Å². The Labute approximate surface area is 158 Å². The Hall–Kier alpha value is -1.88. The number of nitrogens with one attached hydrogen (secondary N) is 1. The molecule has 1 saturated heterocycles. The Morgan fingerprint density at radius 2 is 1.76 bits per heavy atom. The zero-order chi connectivity index (χ0) is 16.4. The topological polar surface area (TPSA) is 44.8 Å². The van der Waals surface area contributed by atoms with E-state index in [0.717, 1.165) is 29.3 Å². The predicted molar refractivity (Wildman–Crippen MR) is 104 cm³/mol. The largest absolute Gasteiger partial charge is 0.299 e. The Kier molecular flexibility index (Phi) is 5.74. The SMILES string of the molecule is Cl.Clc1ccc(-c2nc(-c3cccc(CN4CCCC4)c3)n[nH]2)cc1. The minimum absolute atomic E-state index is 0. The molecule has 1 N–H and O–H groups in total. The van der Waals surface area contributed by atoms with E-state index in [1.165, 1.54) is 31.5 Å². The summed E-state index contributed by atoms with van der Waals surface area (Å²) in [7, 11) is 0. The fraction of sp³-hybridized carbons (Fsp3) is 0.263. The molecular weight excluding hydrogens is 355 g/mol. The molecule has 2 aromatic carbocycles. The van der Waals surface area contributed by atoms with E-state index in [0.29, 0.717) is 5.02 Å². The van der Waals surface area contributed by atoms with Gasteiger partial charge in [-0.05, 0) is 61.8 Å². The minimum Gasteiger partial charge on any atom is -0.299 e. The first-order chi connectivity index (χ1) is 11.8. The molecule has 1 fully saturated rings. The van der Waals surface area contributed by atoms with Crippen LogP contribution in [0.3, 0.4) is 0 Å². The summed E-state index contributed by atoms with van der Waals surface area (Å²) in [5.41, 5.74) is 3.33. The molecule has 130 valence electrons. The van der Waals surface area contributed by atoms with E-state index in [4.69, 9.17) is 11.6 Å². The first-order valence-corrected chi connectivity index (χ1v) is 8.66. The summed E-state index contributed by atoms with van der Waals surface area (Å²) in [5.74, 6) is 1.48. The van der Waals surface area contributed by atoms with Gasteiger partial charge in [-0.1, -0.05) is 29.8 Å². The van der Waals surface area contributed by atoms with Crippen molar-refractivity contribution in [2.24, 2.45) is 0 Å². The van der Waals surface area contributed by atoms with Gasteiger partial charge in [-0.15, -0.1) is 12.4 Å². The summed E-state index contributed by atoms with van der Waals surface area (Å²) < 4.78 is 0. The standard InChI is InChI=1S/C19H19ClN4.ClH/c20-17-8-6-15(7-9-17)18-21-19(23-22-18)16-5-3-4-14(12-16)13-24-10-1-2-11-24;/h3-9,12H,1-2,10-11,13H2,(H,21,22,23);1H. The van der Waals surface area contributed by atoms with Crippen molar-refractivity contribution in [1.82, 2.24) is 20.1 Å². The number of benzene rings is 2. The van der Waals surface area contributed by atoms with Crippen molar-refractivity contribution in [2.75, 3.05) is 13.1 Å². The molecule has 4 rings (SSSR count). The third-order valence-corrected chi connectivity index (χ3v) is 4.65. The van der Waals surface area contributed by atoms with Gasteiger partial charge >= 0.3 is 0 Å². The molecule has 0 amide bonds. The molecule has 3 aromatic rings. The summed E-state index contributed by atoms with van der Waals surface area (Å²) in [6.07, 6.45) is 2.62. The van der Waals surface area contributed by atoms with Crippen LogP contribution in [0.25, 0.3) is 22.8 Å². The number of H-pyrrole nitrogens is 1. The maximum atomic E-state index is 5.94. The van der Waals surface area contributed by atoms with Gasteiger partial charge in [0.15, 0.2) is 11.6 Å². The van der Waals surface area contributed by atoms with Crippen molar-refractivity contribution < 1.29 is 0 Å². The highest BCUT2D eigenvalue weighted by Gasteiger charge is 2.13. The van der Waals surface area contributed by atoms with Crippen LogP contribution in [0.1, 0.15) is 18.4 Å². The first-order valence-electron chi connectivity index (χ1n) is 8.28. The highest BCUT2D eigenvalue weighted by Crippen LogP contribution is 2.23. The van der Waals surface area contributed by atoms with Crippen molar-refractivity contribution in [3.05, 3.63) is 59.1 Å². The number of nitrogens with zero attached hydrogens (tertiary/aromatic N) is 3. The van der Waals surface area contributed by atoms with E-state index in [-0.39, 0.29) is 12.4 Å². The molecule has 4 nitrogen and oxygen atoms in total. The summed E-state index contributed by atoms with van der Waals surface area (Å²) in [4.78, 5) is 7.13. The number of hydrogen-bond acceptors (Lipinski definition) is 3. The molecule has 2 heterocycles. The first kappa shape index (κ1) is 17.9. The molecule has 1 aliphatic heterocycles. The monoisotopic (exact) mass is 374 g/mol. The minimum atomic E-state index is 0. The van der Waals surface area contributed by atoms with Crippen molar-refractivity contribution in [3.8, 4) is 22.8 Å². The lowest BCUT2D eigenvalue weighted by Gasteiger charge is -2.14. The normalized spacial score (nSPS) is 14.4. The van der Waals surface area contributed by atoms with Gasteiger partial charge < -0.3 is 0 Å². The Morgan fingerprint density at radius 1 is 1.00 bits per heavy atom. The Morgan fingerprint density at radius 3 is 2.52 bits per heavy atom. The van der Waals surface area contributed by atoms with Gasteiger partial charge in [-0.25, -0.2) is 4.98 Å². The van der Waals surface area contributed by atoms with Crippen LogP contribution in [0.15, 0.2) is 48.5 Å². The second kappa shape index (κ2) is 8.00. The number of halogens is 2. The summed E-state index contributed by atoms with van der Waals surface area (Å²) in [6.45, 7) is 3.40. The quantitative estimate of drug-likeness (QED) is 0.712. The molecule has 6 heteroatoms. The maximum absolute atomic E-state index is 5.94. The summed E-state index contributed by atoms with van der Waals surface area (Å²) >= 11 is 5.94. The average Bonchev–Trinajstić information content (AvgIpc) is 3.28. The Balaban J connectivity index is 0.00000182. The second-order valence-electron chi connectivity index (χ2n) is 6.20. The van der Waals surface area contributed by atoms with Crippen LogP contribution < -0.4 is 0 Å². The number of likely N-dealkylation sites (tertiary alicyclic amines) is 1. The highest BCUT2D eigenvalue weighted by atomic mass is 35.5. The van der Waals surface area contributed by atoms with Crippen LogP contribution in [-0.4, -0.2) is 33.2 Å². The molecule has 0 saturated carbocycles. The third-order valence-electron chi connectivity index (χ3n) is 4.39. The molecule has 0 spiro atoms. The van der Waals surface area contributed by atoms with E-state index in [2.05, 4.69) is 44.3 Å². The van der Waals surface area contributed by atoms with E-state index in [9.17, 15) is 0 Å². The van der Waals surface area contributed by atoms with Crippen molar-refractivity contribution in [3.63, 3.8) is 0 Å². The molecule has 0 aliphatic carbocycles. The zero-order valence-corrected chi connectivity index (χ0v) is 15.4. The van der Waals surface area contributed by atoms with Gasteiger partial charge in [0.05, 0.1) is 0 Å². The van der Waals surface area contributed by atoms with E-state index in [1.807, 2.05) is 24.3 Å². The second-order valence-corrected chi connectivity index (χ2v) is 6.63. The molecule has 0 atom stereocenters. The van der Waals surface area contributed by atoms with Gasteiger partial charge in [0.2, 0.25) is 0 Å². The van der Waals surface area contributed by atoms with Gasteiger partial charge in [0.25, 0.3) is 0 Å². The van der Waals surface area contributed by atoms with Gasteiger partial charge in [0.1, 0.15) is 0 Å². The van der Waals surface area contributed by atoms with Gasteiger partial charge in [0, 0.05) is 22.7 Å². The fourth-order valence-corrected chi connectivity index (χ4v) is 3.26. The van der Waals surface area contributed by atoms with Crippen LogP contribution in [0.5, 0.6) is 0 Å². The number of aromatic nitrogens is 3. The lowest BCUT2D eigenvalue weighted by atomic mass is 10.1. The predicted octanol–water partition coefficient (Wildman–Crippen LogP) is 4.81. The van der Waals surface area contributed by atoms with E-state index in [1.54, 1.807) is 0 Å². The fourth-order valence-electron chi connectivity index (χ4n) is 3.14. The number of hydrogen-bond donors (Lipinski definition) is 1. The maximum Gasteiger partial charge on any atom is 0.181 e. The Bertz CT molecular complexity index is 823. The molecule has 0 radical (unpaired) electrons. The zero-order valence-electron chi connectivity index (χ0n) is 13.8. The van der Waals surface area contributed by atoms with Crippen LogP contribution in [0.2, 0.25) is 5.02 Å². The molecule has 1 aliphatic rings. The molecular formula is C19H20Cl2N4. The number of rotatable bonds is 4. The molecule has 0 bridgehead atoms. The third kappa shape index (κ3) is 4.21. The molecule has 1 aromatic heterocycles. The van der Waals surface area contributed by atoms with Gasteiger partial charge in [-0.2, -0.15) is 5.10 Å².